The molecule has 0 aliphatic rings. The predicted octanol–water partition coefficient (Wildman–Crippen LogP) is 2.66. The lowest BCUT2D eigenvalue weighted by molar-refractivity contribution is 0.393. The van der Waals surface area contributed by atoms with Gasteiger partial charge in [-0.05, 0) is 17.7 Å². The maximum Gasteiger partial charge on any atom is 0.243 e. The third-order valence-electron chi connectivity index (χ3n) is 3.32. The number of benzene rings is 1. The van der Waals surface area contributed by atoms with Crippen LogP contribution >= 0.6 is 11.8 Å². The lowest BCUT2D eigenvalue weighted by Crippen LogP contribution is -1.96. The Morgan fingerprint density at radius 1 is 1.26 bits per heavy atom. The van der Waals surface area contributed by atoms with E-state index in [9.17, 15) is 4.39 Å². The van der Waals surface area contributed by atoms with E-state index in [0.29, 0.717) is 17.5 Å². The first kappa shape index (κ1) is 15.5. The SMILES string of the molecule is COc1nn(C)cc1-c1nnc(SCc2cccc(F)c2)n1C. The first-order valence-electron chi connectivity index (χ1n) is 6.93. The third-order valence-corrected chi connectivity index (χ3v) is 4.41. The molecule has 0 N–H and O–H groups in total. The molecule has 2 heterocycles. The number of aromatic nitrogens is 5. The number of halogens is 1. The molecular weight excluding hydrogens is 317 g/mol. The maximum absolute atomic E-state index is 13.2. The molecule has 0 aliphatic heterocycles. The first-order chi connectivity index (χ1) is 11.1. The quantitative estimate of drug-likeness (QED) is 0.672. The zero-order valence-corrected chi connectivity index (χ0v) is 13.8. The third kappa shape index (κ3) is 3.21. The second-order valence-electron chi connectivity index (χ2n) is 5.01. The van der Waals surface area contributed by atoms with Gasteiger partial charge in [-0.3, -0.25) is 4.68 Å². The summed E-state index contributed by atoms with van der Waals surface area (Å²) in [6.07, 6.45) is 1.84. The van der Waals surface area contributed by atoms with E-state index in [1.165, 1.54) is 23.9 Å². The van der Waals surface area contributed by atoms with Gasteiger partial charge in [0.1, 0.15) is 11.4 Å². The molecule has 6 nitrogen and oxygen atoms in total. The summed E-state index contributed by atoms with van der Waals surface area (Å²) in [5.41, 5.74) is 1.68. The molecule has 0 aliphatic carbocycles. The van der Waals surface area contributed by atoms with Crippen LogP contribution in [0.4, 0.5) is 4.39 Å². The maximum atomic E-state index is 13.2. The van der Waals surface area contributed by atoms with Gasteiger partial charge in [-0.1, -0.05) is 23.9 Å². The molecule has 0 amide bonds. The Morgan fingerprint density at radius 3 is 2.83 bits per heavy atom. The van der Waals surface area contributed by atoms with Crippen LogP contribution in [0.15, 0.2) is 35.6 Å². The highest BCUT2D eigenvalue weighted by Gasteiger charge is 2.18. The highest BCUT2D eigenvalue weighted by atomic mass is 32.2. The Balaban J connectivity index is 1.82. The van der Waals surface area contributed by atoms with E-state index < -0.39 is 0 Å². The Hall–Kier alpha value is -2.35. The fourth-order valence-corrected chi connectivity index (χ4v) is 3.08. The zero-order valence-electron chi connectivity index (χ0n) is 13.0. The van der Waals surface area contributed by atoms with Crippen LogP contribution in [-0.4, -0.2) is 31.7 Å². The molecule has 0 radical (unpaired) electrons. The molecule has 0 fully saturated rings. The van der Waals surface area contributed by atoms with Crippen molar-refractivity contribution in [3.63, 3.8) is 0 Å². The van der Waals surface area contributed by atoms with Crippen LogP contribution in [0.25, 0.3) is 11.4 Å². The Kier molecular flexibility index (Phi) is 4.33. The zero-order chi connectivity index (χ0) is 16.4. The Bertz CT molecular complexity index is 829. The predicted molar refractivity (Wildman–Crippen MR) is 85.7 cm³/mol. The minimum atomic E-state index is -0.234. The van der Waals surface area contributed by atoms with Crippen molar-refractivity contribution in [1.29, 1.82) is 0 Å². The van der Waals surface area contributed by atoms with Gasteiger partial charge in [-0.15, -0.1) is 15.3 Å². The summed E-state index contributed by atoms with van der Waals surface area (Å²) >= 11 is 1.50. The standard InChI is InChI=1S/C15H16FN5OS/c1-20-8-12(14(19-20)22-3)13-17-18-15(21(13)2)23-9-10-5-4-6-11(16)7-10/h4-8H,9H2,1-3H3. The average Bonchev–Trinajstić information content (AvgIpc) is 3.08. The topological polar surface area (TPSA) is 57.8 Å². The number of nitrogens with zero attached hydrogens (tertiary/aromatic N) is 5. The molecule has 1 aromatic carbocycles. The number of ether oxygens (including phenoxy) is 1. The molecule has 3 aromatic rings. The van der Waals surface area contributed by atoms with E-state index in [1.807, 2.05) is 30.9 Å². The number of rotatable bonds is 5. The minimum Gasteiger partial charge on any atom is -0.479 e. The minimum absolute atomic E-state index is 0.234. The molecule has 3 rings (SSSR count). The van der Waals surface area contributed by atoms with Gasteiger partial charge in [0.25, 0.3) is 0 Å². The van der Waals surface area contributed by atoms with Crippen molar-refractivity contribution in [3.8, 4) is 17.3 Å². The Morgan fingerprint density at radius 2 is 2.09 bits per heavy atom. The summed E-state index contributed by atoms with van der Waals surface area (Å²) in [5.74, 6) is 1.57. The van der Waals surface area contributed by atoms with E-state index >= 15 is 0 Å². The van der Waals surface area contributed by atoms with Crippen LogP contribution < -0.4 is 4.74 Å². The fourth-order valence-electron chi connectivity index (χ4n) is 2.22. The summed E-state index contributed by atoms with van der Waals surface area (Å²) in [5, 5.41) is 13.4. The molecule has 0 unspecified atom stereocenters. The van der Waals surface area contributed by atoms with Crippen LogP contribution in [0, 0.1) is 5.82 Å². The molecule has 23 heavy (non-hydrogen) atoms. The van der Waals surface area contributed by atoms with Crippen molar-refractivity contribution >= 4 is 11.8 Å². The van der Waals surface area contributed by atoms with Gasteiger partial charge in [-0.25, -0.2) is 4.39 Å². The van der Waals surface area contributed by atoms with Crippen LogP contribution in [0.3, 0.4) is 0 Å². The molecule has 0 atom stereocenters. The fraction of sp³-hybridized carbons (Fsp3) is 0.267. The molecule has 0 bridgehead atoms. The monoisotopic (exact) mass is 333 g/mol. The highest BCUT2D eigenvalue weighted by molar-refractivity contribution is 7.98. The number of methoxy groups -OCH3 is 1. The summed E-state index contributed by atoms with van der Waals surface area (Å²) in [4.78, 5) is 0. The van der Waals surface area contributed by atoms with E-state index in [-0.39, 0.29) is 5.82 Å². The van der Waals surface area contributed by atoms with Gasteiger partial charge in [0, 0.05) is 26.0 Å². The lowest BCUT2D eigenvalue weighted by Gasteiger charge is -2.04. The van der Waals surface area contributed by atoms with E-state index in [2.05, 4.69) is 15.3 Å². The van der Waals surface area contributed by atoms with Crippen molar-refractivity contribution in [3.05, 3.63) is 41.8 Å². The van der Waals surface area contributed by atoms with Crippen molar-refractivity contribution < 1.29 is 9.13 Å². The molecule has 0 saturated heterocycles. The van der Waals surface area contributed by atoms with Crippen molar-refractivity contribution in [1.82, 2.24) is 24.5 Å². The van der Waals surface area contributed by atoms with E-state index in [4.69, 9.17) is 4.74 Å². The molecule has 120 valence electrons. The molecular formula is C15H16FN5OS. The second kappa shape index (κ2) is 6.41. The Labute approximate surface area is 137 Å². The number of hydrogen-bond donors (Lipinski definition) is 0. The summed E-state index contributed by atoms with van der Waals surface area (Å²) in [7, 11) is 5.28. The van der Waals surface area contributed by atoms with Crippen molar-refractivity contribution in [2.45, 2.75) is 10.9 Å². The van der Waals surface area contributed by atoms with Crippen LogP contribution in [0.1, 0.15) is 5.56 Å². The van der Waals surface area contributed by atoms with Gasteiger partial charge in [-0.2, -0.15) is 0 Å². The van der Waals surface area contributed by atoms with Crippen LogP contribution in [0.5, 0.6) is 5.88 Å². The van der Waals surface area contributed by atoms with Gasteiger partial charge >= 0.3 is 0 Å². The lowest BCUT2D eigenvalue weighted by atomic mass is 10.2. The van der Waals surface area contributed by atoms with E-state index in [0.717, 1.165) is 16.3 Å². The summed E-state index contributed by atoms with van der Waals surface area (Å²) in [6.45, 7) is 0. The number of thioether (sulfide) groups is 1. The highest BCUT2D eigenvalue weighted by Crippen LogP contribution is 2.30. The smallest absolute Gasteiger partial charge is 0.243 e. The second-order valence-corrected chi connectivity index (χ2v) is 5.95. The van der Waals surface area contributed by atoms with Gasteiger partial charge < -0.3 is 9.30 Å². The van der Waals surface area contributed by atoms with E-state index in [1.54, 1.807) is 17.9 Å². The van der Waals surface area contributed by atoms with Gasteiger partial charge in [0.15, 0.2) is 11.0 Å². The van der Waals surface area contributed by atoms with Gasteiger partial charge in [0.2, 0.25) is 5.88 Å². The van der Waals surface area contributed by atoms with Crippen LogP contribution in [0.2, 0.25) is 0 Å². The van der Waals surface area contributed by atoms with Crippen LogP contribution in [-0.2, 0) is 19.8 Å². The van der Waals surface area contributed by atoms with Crippen molar-refractivity contribution in [2.24, 2.45) is 14.1 Å². The molecule has 8 heteroatoms. The number of hydrogen-bond acceptors (Lipinski definition) is 5. The molecule has 0 spiro atoms. The summed E-state index contributed by atoms with van der Waals surface area (Å²) in [6, 6.07) is 6.54. The largest absolute Gasteiger partial charge is 0.479 e. The molecule has 2 aromatic heterocycles. The number of aryl methyl sites for hydroxylation is 1. The molecule has 0 saturated carbocycles. The average molecular weight is 333 g/mol. The normalized spacial score (nSPS) is 11.0. The van der Waals surface area contributed by atoms with Crippen molar-refractivity contribution in [2.75, 3.05) is 7.11 Å². The first-order valence-corrected chi connectivity index (χ1v) is 7.91. The van der Waals surface area contributed by atoms with Gasteiger partial charge in [0.05, 0.1) is 7.11 Å². The summed E-state index contributed by atoms with van der Waals surface area (Å²) < 4.78 is 22.0.